The van der Waals surface area contributed by atoms with Gasteiger partial charge in [0.15, 0.2) is 5.78 Å². The first-order valence-electron chi connectivity index (χ1n) is 13.8. The number of ether oxygens (including phenoxy) is 2. The van der Waals surface area contributed by atoms with Crippen LogP contribution in [0.2, 0.25) is 0 Å². The quantitative estimate of drug-likeness (QED) is 0.163. The van der Waals surface area contributed by atoms with Crippen LogP contribution in [0.15, 0.2) is 82.9 Å². The Kier molecular flexibility index (Phi) is 8.40. The van der Waals surface area contributed by atoms with E-state index >= 15 is 0 Å². The summed E-state index contributed by atoms with van der Waals surface area (Å²) in [7, 11) is 0. The third kappa shape index (κ3) is 5.29. The molecule has 0 spiro atoms. The van der Waals surface area contributed by atoms with Crippen molar-refractivity contribution < 1.29 is 28.8 Å². The lowest BCUT2D eigenvalue weighted by atomic mass is 9.68. The van der Waals surface area contributed by atoms with E-state index < -0.39 is 40.4 Å². The number of non-ortho nitro benzene ring substituents is 1. The number of nitrogens with two attached hydrogens (primary N) is 1. The van der Waals surface area contributed by atoms with E-state index in [4.69, 9.17) is 15.2 Å². The van der Waals surface area contributed by atoms with E-state index in [-0.39, 0.29) is 42.3 Å². The van der Waals surface area contributed by atoms with Crippen LogP contribution < -0.4 is 10.6 Å². The molecule has 0 amide bonds. The van der Waals surface area contributed by atoms with Crippen molar-refractivity contribution in [2.75, 3.05) is 18.1 Å². The number of hydrogen-bond donors (Lipinski definition) is 1. The summed E-state index contributed by atoms with van der Waals surface area (Å²) in [5.74, 6) is -4.57. The molecular formula is C31H30N4O7S. The summed E-state index contributed by atoms with van der Waals surface area (Å²) in [6, 6.07) is 11.4. The van der Waals surface area contributed by atoms with Crippen LogP contribution in [-0.4, -0.2) is 40.8 Å². The Balaban J connectivity index is 1.83. The number of thiophene rings is 1. The predicted octanol–water partition coefficient (Wildman–Crippen LogP) is 4.89. The lowest BCUT2D eigenvalue weighted by Gasteiger charge is -2.44. The molecule has 1 aliphatic carbocycles. The van der Waals surface area contributed by atoms with Gasteiger partial charge in [-0.15, -0.1) is 11.3 Å². The number of Topliss-reactive ketones (excluding diaryl/α,β-unsaturated/α-hetero) is 1. The van der Waals surface area contributed by atoms with Crippen molar-refractivity contribution in [2.24, 2.45) is 11.7 Å². The minimum atomic E-state index is -1.17. The molecular weight excluding hydrogens is 572 g/mol. The van der Waals surface area contributed by atoms with Crippen molar-refractivity contribution in [2.45, 2.75) is 39.0 Å². The van der Waals surface area contributed by atoms with Crippen molar-refractivity contribution >= 4 is 40.4 Å². The summed E-state index contributed by atoms with van der Waals surface area (Å²) in [6.45, 7) is 5.17. The van der Waals surface area contributed by atoms with Gasteiger partial charge in [-0.05, 0) is 61.9 Å². The standard InChI is InChI=1S/C31H30N4O7S/c1-4-41-30(37)25-20(23-9-7-13-43-23)15-22-26(28(25)36)24(18-8-6-12-33-16-18)27(31(38)42-5-2)29(32)34(22)21-11-10-19(35(39)40)14-17(21)3/h6-14,16,20,24-25H,4-5,15,32H2,1-3H3/t20-,24-,25-/m1/s1. The third-order valence-electron chi connectivity index (χ3n) is 7.63. The van der Waals surface area contributed by atoms with Gasteiger partial charge in [-0.3, -0.25) is 29.6 Å². The fourth-order valence-electron chi connectivity index (χ4n) is 5.87. The van der Waals surface area contributed by atoms with Gasteiger partial charge in [-0.1, -0.05) is 12.1 Å². The number of nitro groups is 1. The summed E-state index contributed by atoms with van der Waals surface area (Å²) in [4.78, 5) is 59.4. The van der Waals surface area contributed by atoms with Crippen LogP contribution >= 0.6 is 11.3 Å². The van der Waals surface area contributed by atoms with Crippen molar-refractivity contribution in [1.29, 1.82) is 0 Å². The lowest BCUT2D eigenvalue weighted by molar-refractivity contribution is -0.384. The highest BCUT2D eigenvalue weighted by molar-refractivity contribution is 7.10. The van der Waals surface area contributed by atoms with E-state index in [1.807, 2.05) is 17.5 Å². The molecule has 222 valence electrons. The largest absolute Gasteiger partial charge is 0.465 e. The lowest BCUT2D eigenvalue weighted by Crippen LogP contribution is -2.46. The van der Waals surface area contributed by atoms with Crippen LogP contribution in [0.25, 0.3) is 0 Å². The molecule has 5 rings (SSSR count). The maximum absolute atomic E-state index is 14.7. The highest BCUT2D eigenvalue weighted by Gasteiger charge is 2.51. The fraction of sp³-hybridized carbons (Fsp3) is 0.290. The molecule has 2 N–H and O–H groups in total. The number of esters is 2. The van der Waals surface area contributed by atoms with Gasteiger partial charge < -0.3 is 15.2 Å². The van der Waals surface area contributed by atoms with Gasteiger partial charge in [0, 0.05) is 46.6 Å². The number of aromatic nitrogens is 1. The van der Waals surface area contributed by atoms with Gasteiger partial charge in [0.2, 0.25) is 0 Å². The van der Waals surface area contributed by atoms with Crippen LogP contribution in [0.3, 0.4) is 0 Å². The number of anilines is 1. The molecule has 43 heavy (non-hydrogen) atoms. The normalized spacial score (nSPS) is 20.1. The third-order valence-corrected chi connectivity index (χ3v) is 8.64. The summed E-state index contributed by atoms with van der Waals surface area (Å²) in [6.07, 6.45) is 3.32. The molecule has 1 aromatic carbocycles. The maximum Gasteiger partial charge on any atom is 0.338 e. The second kappa shape index (κ2) is 12.2. The minimum Gasteiger partial charge on any atom is -0.465 e. The highest BCUT2D eigenvalue weighted by Crippen LogP contribution is 2.52. The first-order valence-corrected chi connectivity index (χ1v) is 14.7. The second-order valence-corrected chi connectivity index (χ2v) is 11.1. The van der Waals surface area contributed by atoms with E-state index in [1.165, 1.54) is 23.5 Å². The summed E-state index contributed by atoms with van der Waals surface area (Å²) >= 11 is 1.42. The molecule has 1 aliphatic heterocycles. The number of carbonyl (C=O) groups is 3. The fourth-order valence-corrected chi connectivity index (χ4v) is 6.73. The Morgan fingerprint density at radius 3 is 2.53 bits per heavy atom. The topological polar surface area (TPSA) is 155 Å². The number of aryl methyl sites for hydroxylation is 1. The molecule has 3 heterocycles. The van der Waals surface area contributed by atoms with Gasteiger partial charge in [0.05, 0.1) is 35.3 Å². The monoisotopic (exact) mass is 602 g/mol. The van der Waals surface area contributed by atoms with E-state index in [0.29, 0.717) is 22.5 Å². The van der Waals surface area contributed by atoms with Gasteiger partial charge in [0.25, 0.3) is 5.69 Å². The number of ketones is 1. The molecule has 0 saturated heterocycles. The van der Waals surface area contributed by atoms with Gasteiger partial charge in [-0.25, -0.2) is 4.79 Å². The van der Waals surface area contributed by atoms with E-state index in [0.717, 1.165) is 4.88 Å². The Labute approximate surface area is 251 Å². The van der Waals surface area contributed by atoms with Crippen LogP contribution in [0.5, 0.6) is 0 Å². The summed E-state index contributed by atoms with van der Waals surface area (Å²) < 4.78 is 10.8. The van der Waals surface area contributed by atoms with E-state index in [9.17, 15) is 24.5 Å². The highest BCUT2D eigenvalue weighted by atomic mass is 32.1. The maximum atomic E-state index is 14.7. The molecule has 0 bridgehead atoms. The number of benzene rings is 1. The molecule has 11 nitrogen and oxygen atoms in total. The van der Waals surface area contributed by atoms with Gasteiger partial charge in [0.1, 0.15) is 11.7 Å². The number of hydrogen-bond acceptors (Lipinski definition) is 11. The molecule has 0 saturated carbocycles. The molecule has 0 radical (unpaired) electrons. The number of nitrogens with zero attached hydrogens (tertiary/aromatic N) is 3. The first kappa shape index (κ1) is 29.6. The first-order chi connectivity index (χ1) is 20.7. The second-order valence-electron chi connectivity index (χ2n) is 10.1. The van der Waals surface area contributed by atoms with Crippen LogP contribution in [0, 0.1) is 23.0 Å². The molecule has 3 aromatic rings. The van der Waals surface area contributed by atoms with E-state index in [2.05, 4.69) is 4.98 Å². The Morgan fingerprint density at radius 1 is 1.16 bits per heavy atom. The minimum absolute atomic E-state index is 0.0110. The number of rotatable bonds is 8. The average molecular weight is 603 g/mol. The average Bonchev–Trinajstić information content (AvgIpc) is 3.52. The Morgan fingerprint density at radius 2 is 1.93 bits per heavy atom. The van der Waals surface area contributed by atoms with Crippen molar-refractivity contribution in [3.05, 3.63) is 109 Å². The SMILES string of the molecule is CCOC(=O)C1=C(N)N(c2ccc([N+](=O)[O-])cc2C)C2=C(C(=O)[C@H](C(=O)OCC)[C@@H](c3cccs3)C2)[C@H]1c1cccnc1. The van der Waals surface area contributed by atoms with Crippen molar-refractivity contribution in [1.82, 2.24) is 4.98 Å². The van der Waals surface area contributed by atoms with Crippen LogP contribution in [0.1, 0.15) is 48.1 Å². The molecule has 2 aromatic heterocycles. The van der Waals surface area contributed by atoms with Crippen LogP contribution in [-0.2, 0) is 23.9 Å². The number of allylic oxidation sites excluding steroid dienone is 2. The molecule has 0 unspecified atom stereocenters. The molecule has 12 heteroatoms. The summed E-state index contributed by atoms with van der Waals surface area (Å²) in [5, 5.41) is 13.4. The van der Waals surface area contributed by atoms with E-state index in [1.54, 1.807) is 56.3 Å². The van der Waals surface area contributed by atoms with Crippen molar-refractivity contribution in [3.8, 4) is 0 Å². The number of pyridine rings is 1. The molecule has 0 fully saturated rings. The molecule has 3 atom stereocenters. The van der Waals surface area contributed by atoms with Crippen molar-refractivity contribution in [3.63, 3.8) is 0 Å². The summed E-state index contributed by atoms with van der Waals surface area (Å²) in [5.41, 5.74) is 8.91. The Bertz CT molecular complexity index is 1650. The molecule has 2 aliphatic rings. The van der Waals surface area contributed by atoms with Gasteiger partial charge in [-0.2, -0.15) is 0 Å². The smallest absolute Gasteiger partial charge is 0.338 e. The zero-order valence-electron chi connectivity index (χ0n) is 23.8. The van der Waals surface area contributed by atoms with Gasteiger partial charge >= 0.3 is 11.9 Å². The predicted molar refractivity (Wildman–Crippen MR) is 159 cm³/mol. The van der Waals surface area contributed by atoms with Crippen LogP contribution in [0.4, 0.5) is 11.4 Å². The zero-order valence-corrected chi connectivity index (χ0v) is 24.6. The number of carbonyl (C=O) groups excluding carboxylic acids is 3. The Hall–Kier alpha value is -4.84. The number of nitro benzene ring substituents is 1. The zero-order chi connectivity index (χ0) is 30.8.